The number of aryl methyl sites for hydroxylation is 1. The second kappa shape index (κ2) is 6.10. The summed E-state index contributed by atoms with van der Waals surface area (Å²) < 4.78 is 5.93. The number of rotatable bonds is 4. The van der Waals surface area contributed by atoms with Crippen molar-refractivity contribution in [1.29, 1.82) is 0 Å². The van der Waals surface area contributed by atoms with E-state index < -0.39 is 0 Å². The Bertz CT molecular complexity index is 463. The van der Waals surface area contributed by atoms with Gasteiger partial charge in [-0.05, 0) is 38.8 Å². The Morgan fingerprint density at radius 3 is 3.20 bits per heavy atom. The average Bonchev–Trinajstić information content (AvgIpc) is 2.94. The Morgan fingerprint density at radius 2 is 2.35 bits per heavy atom. The first-order chi connectivity index (χ1) is 9.79. The van der Waals surface area contributed by atoms with E-state index in [-0.39, 0.29) is 0 Å². The van der Waals surface area contributed by atoms with Crippen LogP contribution in [0.15, 0.2) is 12.3 Å². The molecule has 1 aliphatic carbocycles. The molecule has 1 N–H and O–H groups in total. The maximum absolute atomic E-state index is 5.93. The highest BCUT2D eigenvalue weighted by Crippen LogP contribution is 2.34. The molecule has 1 aromatic rings. The molecule has 0 spiro atoms. The molecule has 4 nitrogen and oxygen atoms in total. The Hall–Kier alpha value is -1.13. The molecule has 2 fully saturated rings. The lowest BCUT2D eigenvalue weighted by atomic mass is 10.1. The number of hydrogen-bond acceptors (Lipinski definition) is 4. The zero-order valence-electron chi connectivity index (χ0n) is 12.6. The first-order valence-corrected chi connectivity index (χ1v) is 7.84. The van der Waals surface area contributed by atoms with Crippen LogP contribution in [-0.2, 0) is 11.3 Å². The monoisotopic (exact) mass is 275 g/mol. The summed E-state index contributed by atoms with van der Waals surface area (Å²) in [5.41, 5.74) is 3.77. The lowest BCUT2D eigenvalue weighted by Gasteiger charge is -2.40. The summed E-state index contributed by atoms with van der Waals surface area (Å²) in [5.74, 6) is 0. The van der Waals surface area contributed by atoms with Crippen molar-refractivity contribution >= 4 is 5.69 Å². The van der Waals surface area contributed by atoms with Crippen LogP contribution < -0.4 is 10.2 Å². The van der Waals surface area contributed by atoms with Gasteiger partial charge < -0.3 is 15.0 Å². The van der Waals surface area contributed by atoms with Gasteiger partial charge in [0, 0.05) is 36.2 Å². The van der Waals surface area contributed by atoms with Crippen LogP contribution in [0.3, 0.4) is 0 Å². The van der Waals surface area contributed by atoms with E-state index in [2.05, 4.69) is 35.1 Å². The van der Waals surface area contributed by atoms with Gasteiger partial charge in [-0.25, -0.2) is 0 Å². The van der Waals surface area contributed by atoms with E-state index in [0.29, 0.717) is 12.1 Å². The Labute approximate surface area is 121 Å². The van der Waals surface area contributed by atoms with Gasteiger partial charge in [0.1, 0.15) is 0 Å². The predicted octanol–water partition coefficient (Wildman–Crippen LogP) is 2.26. The Morgan fingerprint density at radius 1 is 1.45 bits per heavy atom. The van der Waals surface area contributed by atoms with Crippen LogP contribution in [0.5, 0.6) is 0 Å². The van der Waals surface area contributed by atoms with Gasteiger partial charge in [0.25, 0.3) is 0 Å². The maximum Gasteiger partial charge on any atom is 0.0779 e. The number of anilines is 1. The zero-order valence-corrected chi connectivity index (χ0v) is 12.6. The van der Waals surface area contributed by atoms with Crippen LogP contribution in [0.4, 0.5) is 5.69 Å². The van der Waals surface area contributed by atoms with Gasteiger partial charge in [-0.1, -0.05) is 6.92 Å². The standard InChI is InChI=1S/C16H25N3O/c1-3-17-10-13-11-18-12(2)9-15(13)19-7-8-20-16-6-4-5-14(16)19/h9,11,14,16-17H,3-8,10H2,1-2H3. The number of morpholine rings is 1. The summed E-state index contributed by atoms with van der Waals surface area (Å²) >= 11 is 0. The first-order valence-electron chi connectivity index (χ1n) is 7.84. The molecule has 1 aromatic heterocycles. The number of fused-ring (bicyclic) bond motifs is 1. The number of pyridine rings is 1. The highest BCUT2D eigenvalue weighted by Gasteiger charge is 2.36. The molecule has 1 saturated heterocycles. The number of hydrogen-bond donors (Lipinski definition) is 1. The van der Waals surface area contributed by atoms with Crippen LogP contribution in [0.25, 0.3) is 0 Å². The smallest absolute Gasteiger partial charge is 0.0779 e. The summed E-state index contributed by atoms with van der Waals surface area (Å²) in [7, 11) is 0. The van der Waals surface area contributed by atoms with Gasteiger partial charge >= 0.3 is 0 Å². The van der Waals surface area contributed by atoms with Crippen LogP contribution in [0.1, 0.15) is 37.4 Å². The van der Waals surface area contributed by atoms with Gasteiger partial charge in [0.15, 0.2) is 0 Å². The van der Waals surface area contributed by atoms with E-state index >= 15 is 0 Å². The molecule has 0 bridgehead atoms. The van der Waals surface area contributed by atoms with Crippen LogP contribution in [0, 0.1) is 6.92 Å². The second-order valence-corrected chi connectivity index (χ2v) is 5.84. The van der Waals surface area contributed by atoms with Crippen LogP contribution >= 0.6 is 0 Å². The molecule has 0 radical (unpaired) electrons. The second-order valence-electron chi connectivity index (χ2n) is 5.84. The molecule has 3 rings (SSSR count). The van der Waals surface area contributed by atoms with Gasteiger partial charge in [0.2, 0.25) is 0 Å². The van der Waals surface area contributed by atoms with E-state index in [0.717, 1.165) is 31.9 Å². The normalized spacial score (nSPS) is 25.8. The van der Waals surface area contributed by atoms with Crippen molar-refractivity contribution in [2.45, 2.75) is 51.8 Å². The van der Waals surface area contributed by atoms with Gasteiger partial charge in [-0.2, -0.15) is 0 Å². The molecule has 1 aliphatic heterocycles. The molecule has 1 saturated carbocycles. The van der Waals surface area contributed by atoms with Crippen molar-refractivity contribution in [2.75, 3.05) is 24.6 Å². The Kier molecular flexibility index (Phi) is 4.22. The van der Waals surface area contributed by atoms with Crippen molar-refractivity contribution < 1.29 is 4.74 Å². The SMILES string of the molecule is CCNCc1cnc(C)cc1N1CCOC2CCCC21. The highest BCUT2D eigenvalue weighted by atomic mass is 16.5. The minimum absolute atomic E-state index is 0.434. The van der Waals surface area contributed by atoms with Crippen molar-refractivity contribution in [3.8, 4) is 0 Å². The van der Waals surface area contributed by atoms with E-state index in [9.17, 15) is 0 Å². The molecule has 4 heteroatoms. The molecule has 2 aliphatic rings. The van der Waals surface area contributed by atoms with E-state index in [1.54, 1.807) is 0 Å². The summed E-state index contributed by atoms with van der Waals surface area (Å²) in [4.78, 5) is 7.05. The molecule has 110 valence electrons. The summed E-state index contributed by atoms with van der Waals surface area (Å²) in [6.45, 7) is 7.96. The number of nitrogens with zero attached hydrogens (tertiary/aromatic N) is 2. The first kappa shape index (κ1) is 13.8. The lowest BCUT2D eigenvalue weighted by Crippen LogP contribution is -2.49. The third-order valence-electron chi connectivity index (χ3n) is 4.46. The number of aromatic nitrogens is 1. The van der Waals surface area contributed by atoms with E-state index in [1.165, 1.54) is 30.5 Å². The van der Waals surface area contributed by atoms with Gasteiger partial charge in [-0.15, -0.1) is 0 Å². The van der Waals surface area contributed by atoms with E-state index in [1.807, 2.05) is 6.20 Å². The minimum atomic E-state index is 0.434. The Balaban J connectivity index is 1.88. The quantitative estimate of drug-likeness (QED) is 0.914. The maximum atomic E-state index is 5.93. The van der Waals surface area contributed by atoms with Crippen molar-refractivity contribution in [3.63, 3.8) is 0 Å². The molecule has 0 amide bonds. The number of ether oxygens (including phenoxy) is 1. The molecule has 0 aromatic carbocycles. The molecule has 20 heavy (non-hydrogen) atoms. The van der Waals surface area contributed by atoms with Gasteiger partial charge in [-0.3, -0.25) is 4.98 Å². The van der Waals surface area contributed by atoms with Crippen molar-refractivity contribution in [3.05, 3.63) is 23.5 Å². The highest BCUT2D eigenvalue weighted by molar-refractivity contribution is 5.55. The fourth-order valence-electron chi connectivity index (χ4n) is 3.46. The fourth-order valence-corrected chi connectivity index (χ4v) is 3.46. The van der Waals surface area contributed by atoms with Crippen molar-refractivity contribution in [2.24, 2.45) is 0 Å². The summed E-state index contributed by atoms with van der Waals surface area (Å²) in [5, 5.41) is 3.43. The van der Waals surface area contributed by atoms with Gasteiger partial charge in [0.05, 0.1) is 18.8 Å². The lowest BCUT2D eigenvalue weighted by molar-refractivity contribution is 0.0255. The topological polar surface area (TPSA) is 37.4 Å². The third-order valence-corrected chi connectivity index (χ3v) is 4.46. The zero-order chi connectivity index (χ0) is 13.9. The largest absolute Gasteiger partial charge is 0.374 e. The minimum Gasteiger partial charge on any atom is -0.374 e. The average molecular weight is 275 g/mol. The molecular weight excluding hydrogens is 250 g/mol. The molecule has 2 heterocycles. The van der Waals surface area contributed by atoms with Crippen molar-refractivity contribution in [1.82, 2.24) is 10.3 Å². The fraction of sp³-hybridized carbons (Fsp3) is 0.688. The molecule has 2 atom stereocenters. The summed E-state index contributed by atoms with van der Waals surface area (Å²) in [6.07, 6.45) is 6.23. The van der Waals surface area contributed by atoms with Crippen LogP contribution in [-0.4, -0.2) is 36.8 Å². The number of nitrogens with one attached hydrogen (secondary N) is 1. The predicted molar refractivity (Wildman–Crippen MR) is 81.1 cm³/mol. The molecular formula is C16H25N3O. The third kappa shape index (κ3) is 2.67. The molecule has 2 unspecified atom stereocenters. The summed E-state index contributed by atoms with van der Waals surface area (Å²) in [6, 6.07) is 2.80. The van der Waals surface area contributed by atoms with Crippen LogP contribution in [0.2, 0.25) is 0 Å². The van der Waals surface area contributed by atoms with E-state index in [4.69, 9.17) is 4.74 Å².